The largest absolute Gasteiger partial charge is 0.497 e. The molecule has 1 atom stereocenters. The zero-order valence-electron chi connectivity index (χ0n) is 12.0. The second kappa shape index (κ2) is 6.72. The highest BCUT2D eigenvalue weighted by atomic mass is 32.2. The molecule has 0 aliphatic heterocycles. The van der Waals surface area contributed by atoms with Crippen LogP contribution >= 0.6 is 0 Å². The van der Waals surface area contributed by atoms with Crippen LogP contribution in [0, 0.1) is 0 Å². The van der Waals surface area contributed by atoms with E-state index in [-0.39, 0.29) is 12.2 Å². The van der Waals surface area contributed by atoms with Gasteiger partial charge in [0.15, 0.2) is 5.78 Å². The minimum atomic E-state index is -4.38. The summed E-state index contributed by atoms with van der Waals surface area (Å²) in [7, 11) is -2.86. The van der Waals surface area contributed by atoms with Gasteiger partial charge in [-0.1, -0.05) is 30.3 Å². The summed E-state index contributed by atoms with van der Waals surface area (Å²) in [6.45, 7) is 0. The Hall–Kier alpha value is -2.18. The van der Waals surface area contributed by atoms with E-state index in [1.165, 1.54) is 7.11 Å². The van der Waals surface area contributed by atoms with Crippen LogP contribution in [-0.2, 0) is 10.1 Å². The lowest BCUT2D eigenvalue weighted by Gasteiger charge is -2.13. The molecule has 0 radical (unpaired) electrons. The highest BCUT2D eigenvalue weighted by molar-refractivity contribution is 7.86. The zero-order valence-corrected chi connectivity index (χ0v) is 12.8. The van der Waals surface area contributed by atoms with E-state index in [0.717, 1.165) is 0 Å². The van der Waals surface area contributed by atoms with Gasteiger partial charge in [0.2, 0.25) is 0 Å². The number of rotatable bonds is 6. The number of carbonyl (C=O) groups excluding carboxylic acids is 1. The van der Waals surface area contributed by atoms with Crippen LogP contribution in [0.5, 0.6) is 5.75 Å². The molecule has 0 aliphatic rings. The van der Waals surface area contributed by atoms with Gasteiger partial charge in [-0.15, -0.1) is 0 Å². The van der Waals surface area contributed by atoms with Crippen molar-refractivity contribution in [2.24, 2.45) is 0 Å². The summed E-state index contributed by atoms with van der Waals surface area (Å²) in [5.74, 6) is 0.236. The first-order valence-corrected chi connectivity index (χ1v) is 8.10. The summed E-state index contributed by atoms with van der Waals surface area (Å²) >= 11 is 0. The Morgan fingerprint density at radius 2 is 1.68 bits per heavy atom. The quantitative estimate of drug-likeness (QED) is 0.654. The molecule has 0 fully saturated rings. The van der Waals surface area contributed by atoms with Crippen molar-refractivity contribution in [1.82, 2.24) is 0 Å². The third-order valence-electron chi connectivity index (χ3n) is 3.31. The van der Waals surface area contributed by atoms with Crippen LogP contribution in [-0.4, -0.2) is 25.9 Å². The van der Waals surface area contributed by atoms with Crippen molar-refractivity contribution >= 4 is 15.9 Å². The second-order valence-corrected chi connectivity index (χ2v) is 6.37. The third-order valence-corrected chi connectivity index (χ3v) is 4.47. The molecule has 1 N–H and O–H groups in total. The topological polar surface area (TPSA) is 80.7 Å². The maximum atomic E-state index is 12.3. The summed E-state index contributed by atoms with van der Waals surface area (Å²) in [5, 5.41) is -1.27. The summed E-state index contributed by atoms with van der Waals surface area (Å²) in [6.07, 6.45) is -0.324. The highest BCUT2D eigenvalue weighted by Crippen LogP contribution is 2.27. The van der Waals surface area contributed by atoms with E-state index in [1.807, 2.05) is 0 Å². The molecule has 6 heteroatoms. The maximum absolute atomic E-state index is 12.3. The van der Waals surface area contributed by atoms with Crippen molar-refractivity contribution in [3.63, 3.8) is 0 Å². The molecule has 0 saturated heterocycles. The fourth-order valence-corrected chi connectivity index (χ4v) is 2.99. The fourth-order valence-electron chi connectivity index (χ4n) is 2.13. The first-order chi connectivity index (χ1) is 10.4. The molecule has 0 bridgehead atoms. The SMILES string of the molecule is COc1ccc(C(=O)CC(c2ccccc2)S(=O)(=O)O)cc1. The average molecular weight is 320 g/mol. The molecule has 0 heterocycles. The van der Waals surface area contributed by atoms with Crippen LogP contribution in [0.2, 0.25) is 0 Å². The number of ether oxygens (including phenoxy) is 1. The first kappa shape index (κ1) is 16.2. The highest BCUT2D eigenvalue weighted by Gasteiger charge is 2.28. The van der Waals surface area contributed by atoms with Gasteiger partial charge in [0.1, 0.15) is 11.0 Å². The molecule has 5 nitrogen and oxygen atoms in total. The van der Waals surface area contributed by atoms with Crippen LogP contribution < -0.4 is 4.74 Å². The van der Waals surface area contributed by atoms with E-state index in [4.69, 9.17) is 4.74 Å². The van der Waals surface area contributed by atoms with E-state index in [0.29, 0.717) is 16.9 Å². The Labute approximate surface area is 129 Å². The van der Waals surface area contributed by atoms with Crippen LogP contribution in [0.1, 0.15) is 27.6 Å². The van der Waals surface area contributed by atoms with E-state index in [1.54, 1.807) is 54.6 Å². The molecule has 0 spiro atoms. The molecule has 0 amide bonds. The number of hydrogen-bond donors (Lipinski definition) is 1. The predicted octanol–water partition coefficient (Wildman–Crippen LogP) is 2.90. The lowest BCUT2D eigenvalue weighted by Crippen LogP contribution is -2.16. The lowest BCUT2D eigenvalue weighted by atomic mass is 10.0. The van der Waals surface area contributed by atoms with Gasteiger partial charge in [-0.25, -0.2) is 0 Å². The Morgan fingerprint density at radius 3 is 2.18 bits per heavy atom. The van der Waals surface area contributed by atoms with Gasteiger partial charge in [-0.05, 0) is 29.8 Å². The number of ketones is 1. The first-order valence-electron chi connectivity index (χ1n) is 6.60. The maximum Gasteiger partial charge on any atom is 0.272 e. The standard InChI is InChI=1S/C16H16O5S/c1-21-14-9-7-12(8-10-14)15(17)11-16(22(18,19)20)13-5-3-2-4-6-13/h2-10,16H,11H2,1H3,(H,18,19,20). The molecular weight excluding hydrogens is 304 g/mol. The normalized spacial score (nSPS) is 12.6. The van der Waals surface area contributed by atoms with Gasteiger partial charge in [0.05, 0.1) is 7.11 Å². The monoisotopic (exact) mass is 320 g/mol. The molecule has 2 aromatic rings. The number of carbonyl (C=O) groups is 1. The number of Topliss-reactive ketones (excluding diaryl/α,β-unsaturated/α-hetero) is 1. The number of hydrogen-bond acceptors (Lipinski definition) is 4. The Bertz CT molecular complexity index is 736. The molecule has 1 unspecified atom stereocenters. The van der Waals surface area contributed by atoms with Gasteiger partial charge in [0, 0.05) is 12.0 Å². The van der Waals surface area contributed by atoms with Crippen molar-refractivity contribution in [3.8, 4) is 5.75 Å². The molecule has 0 aliphatic carbocycles. The van der Waals surface area contributed by atoms with Crippen molar-refractivity contribution in [2.45, 2.75) is 11.7 Å². The van der Waals surface area contributed by atoms with Crippen molar-refractivity contribution < 1.29 is 22.5 Å². The van der Waals surface area contributed by atoms with Gasteiger partial charge in [-0.3, -0.25) is 9.35 Å². The molecule has 0 aromatic heterocycles. The minimum absolute atomic E-state index is 0.324. The second-order valence-electron chi connectivity index (χ2n) is 4.77. The summed E-state index contributed by atoms with van der Waals surface area (Å²) in [6, 6.07) is 14.6. The van der Waals surface area contributed by atoms with Crippen LogP contribution in [0.3, 0.4) is 0 Å². The molecule has 2 rings (SSSR count). The number of benzene rings is 2. The molecular formula is C16H16O5S. The van der Waals surface area contributed by atoms with E-state index < -0.39 is 15.4 Å². The number of methoxy groups -OCH3 is 1. The van der Waals surface area contributed by atoms with Crippen molar-refractivity contribution in [2.75, 3.05) is 7.11 Å². The van der Waals surface area contributed by atoms with Crippen molar-refractivity contribution in [3.05, 3.63) is 65.7 Å². The van der Waals surface area contributed by atoms with Crippen molar-refractivity contribution in [1.29, 1.82) is 0 Å². The summed E-state index contributed by atoms with van der Waals surface area (Å²) in [4.78, 5) is 12.3. The zero-order chi connectivity index (χ0) is 16.2. The molecule has 22 heavy (non-hydrogen) atoms. The minimum Gasteiger partial charge on any atom is -0.497 e. The van der Waals surface area contributed by atoms with Crippen LogP contribution in [0.25, 0.3) is 0 Å². The average Bonchev–Trinajstić information content (AvgIpc) is 2.52. The fraction of sp³-hybridized carbons (Fsp3) is 0.188. The van der Waals surface area contributed by atoms with E-state index in [2.05, 4.69) is 0 Å². The summed E-state index contributed by atoms with van der Waals surface area (Å²) < 4.78 is 37.6. The Balaban J connectivity index is 2.25. The van der Waals surface area contributed by atoms with Crippen LogP contribution in [0.4, 0.5) is 0 Å². The smallest absolute Gasteiger partial charge is 0.272 e. The van der Waals surface area contributed by atoms with E-state index >= 15 is 0 Å². The molecule has 2 aromatic carbocycles. The summed E-state index contributed by atoms with van der Waals surface area (Å²) in [5.41, 5.74) is 0.747. The van der Waals surface area contributed by atoms with Gasteiger partial charge in [-0.2, -0.15) is 8.42 Å². The third kappa shape index (κ3) is 3.93. The van der Waals surface area contributed by atoms with Gasteiger partial charge < -0.3 is 4.74 Å². The Kier molecular flexibility index (Phi) is 4.95. The molecule has 0 saturated carbocycles. The van der Waals surface area contributed by atoms with E-state index in [9.17, 15) is 17.8 Å². The van der Waals surface area contributed by atoms with Gasteiger partial charge >= 0.3 is 0 Å². The lowest BCUT2D eigenvalue weighted by molar-refractivity contribution is 0.0979. The Morgan fingerprint density at radius 1 is 1.09 bits per heavy atom. The predicted molar refractivity (Wildman–Crippen MR) is 82.7 cm³/mol. The molecule has 116 valence electrons. The van der Waals surface area contributed by atoms with Gasteiger partial charge in [0.25, 0.3) is 10.1 Å². The van der Waals surface area contributed by atoms with Crippen LogP contribution in [0.15, 0.2) is 54.6 Å².